The molecule has 0 amide bonds. The van der Waals surface area contributed by atoms with Gasteiger partial charge >= 0.3 is 6.18 Å². The molecule has 382 valence electrons. The molecule has 0 aliphatic rings. The monoisotopic (exact) mass is 1040 g/mol. The van der Waals surface area contributed by atoms with Crippen LogP contribution in [0.15, 0.2) is 224 Å². The predicted octanol–water partition coefficient (Wildman–Crippen LogP) is 19.9. The Morgan fingerprint density at radius 3 is 1.05 bits per heavy atom. The van der Waals surface area contributed by atoms with E-state index in [2.05, 4.69) is 213 Å². The molecule has 0 atom stereocenters. The summed E-state index contributed by atoms with van der Waals surface area (Å²) in [6.45, 7) is 8.35. The Kier molecular flexibility index (Phi) is 11.9. The number of aryl methyl sites for hydroxylation is 4. The van der Waals surface area contributed by atoms with Crippen molar-refractivity contribution in [3.05, 3.63) is 263 Å². The minimum atomic E-state index is -4.77. The Hall–Kier alpha value is -10.2. The lowest BCUT2D eigenvalue weighted by Gasteiger charge is -2.21. The molecular formula is C73H49F3N4. The summed E-state index contributed by atoms with van der Waals surface area (Å²) in [6.07, 6.45) is -4.77. The molecule has 2 aromatic heterocycles. The highest BCUT2D eigenvalue weighted by molar-refractivity contribution is 6.14. The SMILES string of the molecule is Cc1cccc(-c2ccc3c(c2)c2cc(-c4cccc(C)c4)ccc2n3-c2ccc(C#N)cc2-c2ccc(-c3ccc(C#N)cc3C(F)(F)F)cc2-n2c3ccc(-c4cccc(C)c4)cc3c3cc(-c4cccc(C)c4)ccc32)c1. The third kappa shape index (κ3) is 8.67. The summed E-state index contributed by atoms with van der Waals surface area (Å²) >= 11 is 0. The number of hydrogen-bond donors (Lipinski definition) is 0. The maximum atomic E-state index is 15.3. The van der Waals surface area contributed by atoms with Crippen LogP contribution in [0.3, 0.4) is 0 Å². The highest BCUT2D eigenvalue weighted by Crippen LogP contribution is 2.46. The van der Waals surface area contributed by atoms with Crippen molar-refractivity contribution in [2.75, 3.05) is 0 Å². The number of halogens is 3. The molecule has 0 saturated heterocycles. The lowest BCUT2D eigenvalue weighted by Crippen LogP contribution is -2.08. The maximum Gasteiger partial charge on any atom is 0.417 e. The molecule has 0 N–H and O–H groups in total. The first-order valence-corrected chi connectivity index (χ1v) is 26.6. The predicted molar refractivity (Wildman–Crippen MR) is 321 cm³/mol. The first-order chi connectivity index (χ1) is 38.8. The number of rotatable bonds is 8. The Morgan fingerprint density at radius 1 is 0.312 bits per heavy atom. The molecule has 13 rings (SSSR count). The van der Waals surface area contributed by atoms with Gasteiger partial charge in [-0.15, -0.1) is 0 Å². The first-order valence-electron chi connectivity index (χ1n) is 26.6. The zero-order valence-electron chi connectivity index (χ0n) is 44.3. The van der Waals surface area contributed by atoms with E-state index in [4.69, 9.17) is 0 Å². The summed E-state index contributed by atoms with van der Waals surface area (Å²) in [5, 5.41) is 24.6. The quantitative estimate of drug-likeness (QED) is 0.152. The van der Waals surface area contributed by atoms with E-state index in [1.165, 1.54) is 12.1 Å². The van der Waals surface area contributed by atoms with Crippen LogP contribution < -0.4 is 0 Å². The van der Waals surface area contributed by atoms with Gasteiger partial charge in [-0.05, 0) is 168 Å². The van der Waals surface area contributed by atoms with E-state index in [1.54, 1.807) is 6.07 Å². The molecule has 0 bridgehead atoms. The second-order valence-electron chi connectivity index (χ2n) is 21.0. The van der Waals surface area contributed by atoms with E-state index < -0.39 is 11.7 Å². The molecule has 2 heterocycles. The third-order valence-corrected chi connectivity index (χ3v) is 15.6. The summed E-state index contributed by atoms with van der Waals surface area (Å²) in [7, 11) is 0. The molecule has 0 radical (unpaired) electrons. The van der Waals surface area contributed by atoms with Crippen LogP contribution in [0.25, 0.3) is 122 Å². The van der Waals surface area contributed by atoms with Gasteiger partial charge in [0.25, 0.3) is 0 Å². The highest BCUT2D eigenvalue weighted by atomic mass is 19.4. The van der Waals surface area contributed by atoms with Crippen LogP contribution in [-0.2, 0) is 6.18 Å². The topological polar surface area (TPSA) is 57.4 Å². The second-order valence-corrected chi connectivity index (χ2v) is 21.0. The average molecular weight is 1040 g/mol. The Morgan fingerprint density at radius 2 is 0.662 bits per heavy atom. The smallest absolute Gasteiger partial charge is 0.309 e. The molecule has 7 heteroatoms. The zero-order valence-corrected chi connectivity index (χ0v) is 44.3. The van der Waals surface area contributed by atoms with Crippen LogP contribution in [0, 0.1) is 50.4 Å². The molecule has 0 aliphatic carbocycles. The normalized spacial score (nSPS) is 11.7. The Balaban J connectivity index is 1.13. The van der Waals surface area contributed by atoms with Crippen molar-refractivity contribution < 1.29 is 13.2 Å². The van der Waals surface area contributed by atoms with Crippen molar-refractivity contribution in [2.24, 2.45) is 0 Å². The molecule has 0 unspecified atom stereocenters. The van der Waals surface area contributed by atoms with Crippen LogP contribution in [0.1, 0.15) is 38.9 Å². The third-order valence-electron chi connectivity index (χ3n) is 15.6. The fraction of sp³-hybridized carbons (Fsp3) is 0.0685. The summed E-state index contributed by atoms with van der Waals surface area (Å²) in [5.74, 6) is 0. The number of nitriles is 2. The van der Waals surface area contributed by atoms with E-state index in [0.29, 0.717) is 27.9 Å². The van der Waals surface area contributed by atoms with E-state index >= 15 is 13.2 Å². The van der Waals surface area contributed by atoms with Crippen LogP contribution in [-0.4, -0.2) is 9.13 Å². The lowest BCUT2D eigenvalue weighted by atomic mass is 9.92. The fourth-order valence-electron chi connectivity index (χ4n) is 11.8. The molecule has 4 nitrogen and oxygen atoms in total. The first kappa shape index (κ1) is 49.4. The Bertz CT molecular complexity index is 4580. The van der Waals surface area contributed by atoms with E-state index in [0.717, 1.165) is 122 Å². The van der Waals surface area contributed by atoms with Gasteiger partial charge in [0.2, 0.25) is 0 Å². The van der Waals surface area contributed by atoms with Gasteiger partial charge in [0, 0.05) is 32.7 Å². The number of aromatic nitrogens is 2. The van der Waals surface area contributed by atoms with Crippen molar-refractivity contribution in [2.45, 2.75) is 33.9 Å². The van der Waals surface area contributed by atoms with Gasteiger partial charge < -0.3 is 9.13 Å². The average Bonchev–Trinajstić information content (AvgIpc) is 4.20. The number of nitrogens with zero attached hydrogens (tertiary/aromatic N) is 4. The van der Waals surface area contributed by atoms with Crippen molar-refractivity contribution in [1.82, 2.24) is 9.13 Å². The van der Waals surface area contributed by atoms with Crippen LogP contribution in [0.4, 0.5) is 13.2 Å². The fourth-order valence-corrected chi connectivity index (χ4v) is 11.8. The minimum Gasteiger partial charge on any atom is -0.309 e. The van der Waals surface area contributed by atoms with Gasteiger partial charge in [0.1, 0.15) is 0 Å². The minimum absolute atomic E-state index is 0.0595. The van der Waals surface area contributed by atoms with Crippen molar-refractivity contribution >= 4 is 43.6 Å². The van der Waals surface area contributed by atoms with E-state index in [1.807, 2.05) is 36.4 Å². The summed E-state index contributed by atoms with van der Waals surface area (Å²) in [6, 6.07) is 79.1. The summed E-state index contributed by atoms with van der Waals surface area (Å²) in [5.41, 5.74) is 19.1. The van der Waals surface area contributed by atoms with Crippen molar-refractivity contribution in [1.29, 1.82) is 10.5 Å². The van der Waals surface area contributed by atoms with Gasteiger partial charge in [-0.3, -0.25) is 0 Å². The maximum absolute atomic E-state index is 15.3. The Labute approximate surface area is 461 Å². The summed E-state index contributed by atoms with van der Waals surface area (Å²) < 4.78 is 50.2. The zero-order chi connectivity index (χ0) is 55.0. The van der Waals surface area contributed by atoms with Gasteiger partial charge in [-0.25, -0.2) is 0 Å². The summed E-state index contributed by atoms with van der Waals surface area (Å²) in [4.78, 5) is 0. The number of benzene rings is 11. The largest absolute Gasteiger partial charge is 0.417 e. The highest BCUT2D eigenvalue weighted by Gasteiger charge is 2.34. The van der Waals surface area contributed by atoms with Crippen LogP contribution in [0.5, 0.6) is 0 Å². The van der Waals surface area contributed by atoms with E-state index in [-0.39, 0.29) is 11.1 Å². The van der Waals surface area contributed by atoms with Crippen molar-refractivity contribution in [3.63, 3.8) is 0 Å². The molecule has 0 aliphatic heterocycles. The van der Waals surface area contributed by atoms with Gasteiger partial charge in [-0.2, -0.15) is 23.7 Å². The molecule has 0 fully saturated rings. The molecular weight excluding hydrogens is 990 g/mol. The molecule has 0 spiro atoms. The molecule has 11 aromatic carbocycles. The molecule has 80 heavy (non-hydrogen) atoms. The van der Waals surface area contributed by atoms with E-state index in [9.17, 15) is 10.5 Å². The van der Waals surface area contributed by atoms with Gasteiger partial charge in [0.15, 0.2) is 0 Å². The van der Waals surface area contributed by atoms with Gasteiger partial charge in [-0.1, -0.05) is 162 Å². The van der Waals surface area contributed by atoms with Crippen LogP contribution in [0.2, 0.25) is 0 Å². The number of hydrogen-bond acceptors (Lipinski definition) is 2. The van der Waals surface area contributed by atoms with Crippen molar-refractivity contribution in [3.8, 4) is 90.3 Å². The standard InChI is InChI=1S/C73H49F3N4/c1-44-9-5-13-50(31-44)54-20-27-68-62(37-54)63-38-55(51-14-6-10-45(2)32-51)21-28-69(63)79(68)67-26-18-48(42-77)35-61(67)60-25-19-58(59-24-17-49(43-78)36-66(59)73(74,75)76)41-72(60)80-70-29-22-56(52-15-7-11-46(3)33-52)39-64(70)65-40-57(23-30-71(65)80)53-16-8-12-47(4)34-53/h5-41H,1-4H3. The van der Waals surface area contributed by atoms with Crippen LogP contribution >= 0.6 is 0 Å². The molecule has 0 saturated carbocycles. The number of fused-ring (bicyclic) bond motifs is 6. The second kappa shape index (κ2) is 19.4. The van der Waals surface area contributed by atoms with Gasteiger partial charge in [0.05, 0.1) is 62.3 Å². The number of alkyl halides is 3. The lowest BCUT2D eigenvalue weighted by molar-refractivity contribution is -0.137. The molecule has 13 aromatic rings.